The number of rotatable bonds is 7. The Morgan fingerprint density at radius 2 is 1.48 bits per heavy atom. The van der Waals surface area contributed by atoms with Crippen LogP contribution in [-0.4, -0.2) is 46.5 Å². The monoisotopic (exact) mass is 419 g/mol. The molecule has 0 aromatic rings. The van der Waals surface area contributed by atoms with Gasteiger partial charge >= 0.3 is 17.0 Å². The average molecular weight is 419 g/mol. The Kier molecular flexibility index (Phi) is 7.33. The molecule has 1 atom stereocenters. The largest absolute Gasteiger partial charge is 0.469 e. The quantitative estimate of drug-likeness (QED) is 0.370. The van der Waals surface area contributed by atoms with Crippen LogP contribution in [0, 0.1) is 4.58 Å². The Morgan fingerprint density at radius 1 is 1.08 bits per heavy atom. The Hall–Kier alpha value is -1.51. The van der Waals surface area contributed by atoms with Crippen molar-refractivity contribution in [2.75, 3.05) is 6.54 Å². The average Bonchev–Trinajstić information content (AvgIpc) is 2.39. The van der Waals surface area contributed by atoms with E-state index >= 15 is 0 Å². The van der Waals surface area contributed by atoms with Gasteiger partial charge in [0.2, 0.25) is 0 Å². The first-order valence-corrected chi connectivity index (χ1v) is 9.09. The second kappa shape index (κ2) is 7.80. The molecular formula is C10H13F6N2O5S2-. The zero-order valence-corrected chi connectivity index (χ0v) is 14.0. The molecule has 0 rings (SSSR count). The molecule has 25 heavy (non-hydrogen) atoms. The fourth-order valence-corrected chi connectivity index (χ4v) is 4.54. The number of amides is 2. The molecule has 0 radical (unpaired) electrons. The van der Waals surface area contributed by atoms with Gasteiger partial charge in [0.05, 0.1) is 0 Å². The van der Waals surface area contributed by atoms with Gasteiger partial charge in [-0.15, -0.1) is 13.0 Å². The van der Waals surface area contributed by atoms with E-state index in [0.717, 1.165) is 6.92 Å². The molecule has 0 spiro atoms. The lowest BCUT2D eigenvalue weighted by atomic mass is 10.3. The normalized spacial score (nSPS) is 14.9. The number of sulfone groups is 2. The molecule has 7 nitrogen and oxygen atoms in total. The molecule has 0 saturated heterocycles. The molecule has 0 saturated carbocycles. The molecule has 2 N–H and O–H groups in total. The van der Waals surface area contributed by atoms with Crippen molar-refractivity contribution in [2.24, 2.45) is 0 Å². The number of hydrogen-bond donors (Lipinski definition) is 2. The maximum atomic E-state index is 12.5. The number of nitrogens with one attached hydrogen (secondary N) is 2. The molecule has 0 aromatic heterocycles. The van der Waals surface area contributed by atoms with E-state index in [1.165, 1.54) is 6.08 Å². The van der Waals surface area contributed by atoms with Crippen molar-refractivity contribution in [3.63, 3.8) is 0 Å². The van der Waals surface area contributed by atoms with Crippen LogP contribution >= 0.6 is 0 Å². The van der Waals surface area contributed by atoms with Gasteiger partial charge < -0.3 is 10.6 Å². The highest BCUT2D eigenvalue weighted by atomic mass is 32.3. The standard InChI is InChI=1S/C10H13F6N2O5S2/c1-3-4-17-8(19)18-6(2)5-7(24(20,21)9(11,12)13)25(22,23)10(14,15)16/h3,6H,1,4-5H2,2H3,(H2,17,18,19)/q-1. The minimum Gasteiger partial charge on any atom is -0.338 e. The topological polar surface area (TPSA) is 109 Å². The predicted octanol–water partition coefficient (Wildman–Crippen LogP) is 1.61. The highest BCUT2D eigenvalue weighted by Gasteiger charge is 2.53. The van der Waals surface area contributed by atoms with E-state index in [9.17, 15) is 48.0 Å². The third-order valence-electron chi connectivity index (χ3n) is 2.47. The van der Waals surface area contributed by atoms with E-state index in [2.05, 4.69) is 11.9 Å². The molecule has 0 aliphatic rings. The van der Waals surface area contributed by atoms with Gasteiger partial charge in [0.1, 0.15) is 19.7 Å². The summed E-state index contributed by atoms with van der Waals surface area (Å²) in [7, 11) is -13.6. The van der Waals surface area contributed by atoms with Gasteiger partial charge in [0.15, 0.2) is 0 Å². The Bertz CT molecular complexity index is 654. The second-order valence-corrected chi connectivity index (χ2v) is 8.70. The third kappa shape index (κ3) is 5.76. The number of halogens is 6. The summed E-state index contributed by atoms with van der Waals surface area (Å²) in [4.78, 5) is 11.3. The number of urea groups is 1. The molecule has 15 heteroatoms. The van der Waals surface area contributed by atoms with Gasteiger partial charge in [-0.2, -0.15) is 26.3 Å². The lowest BCUT2D eigenvalue weighted by Crippen LogP contribution is -2.45. The molecule has 2 amide bonds. The summed E-state index contributed by atoms with van der Waals surface area (Å²) in [5.74, 6) is 0. The number of carbonyl (C=O) groups is 1. The molecule has 148 valence electrons. The lowest BCUT2D eigenvalue weighted by molar-refractivity contribution is -0.0456. The Morgan fingerprint density at radius 3 is 1.80 bits per heavy atom. The fraction of sp³-hybridized carbons (Fsp3) is 0.600. The number of hydrogen-bond acceptors (Lipinski definition) is 5. The first-order valence-electron chi connectivity index (χ1n) is 6.12. The van der Waals surface area contributed by atoms with Crippen LogP contribution in [0.5, 0.6) is 0 Å². The van der Waals surface area contributed by atoms with Crippen LogP contribution in [0.1, 0.15) is 13.3 Å². The van der Waals surface area contributed by atoms with Crippen LogP contribution in [-0.2, 0) is 19.7 Å². The summed E-state index contributed by atoms with van der Waals surface area (Å²) < 4.78 is 117. The van der Waals surface area contributed by atoms with Crippen LogP contribution in [0.25, 0.3) is 0 Å². The van der Waals surface area contributed by atoms with Crippen molar-refractivity contribution in [1.29, 1.82) is 0 Å². The van der Waals surface area contributed by atoms with Crippen molar-refractivity contribution in [2.45, 2.75) is 30.4 Å². The summed E-state index contributed by atoms with van der Waals surface area (Å²) in [6, 6.07) is -2.77. The smallest absolute Gasteiger partial charge is 0.338 e. The van der Waals surface area contributed by atoms with Crippen LogP contribution in [0.15, 0.2) is 12.7 Å². The predicted molar refractivity (Wildman–Crippen MR) is 74.0 cm³/mol. The minimum absolute atomic E-state index is 0.114. The van der Waals surface area contributed by atoms with Gasteiger partial charge in [0, 0.05) is 12.6 Å². The maximum absolute atomic E-state index is 12.5. The van der Waals surface area contributed by atoms with E-state index in [0.29, 0.717) is 0 Å². The fourth-order valence-electron chi connectivity index (χ4n) is 1.36. The SMILES string of the molecule is C=CCNC(=O)NC(C)C[C-](S(=O)(=O)C(F)(F)F)S(=O)(=O)C(F)(F)F. The zero-order valence-electron chi connectivity index (χ0n) is 12.4. The minimum atomic E-state index is -6.81. The van der Waals surface area contributed by atoms with Crippen LogP contribution < -0.4 is 10.6 Å². The van der Waals surface area contributed by atoms with E-state index in [4.69, 9.17) is 0 Å². The van der Waals surface area contributed by atoms with Crippen LogP contribution in [0.3, 0.4) is 0 Å². The van der Waals surface area contributed by atoms with Crippen LogP contribution in [0.2, 0.25) is 0 Å². The van der Waals surface area contributed by atoms with Gasteiger partial charge in [-0.1, -0.05) is 10.7 Å². The van der Waals surface area contributed by atoms with Crippen LogP contribution in [0.4, 0.5) is 31.1 Å². The highest BCUT2D eigenvalue weighted by Crippen LogP contribution is 2.42. The van der Waals surface area contributed by atoms with Gasteiger partial charge in [-0.05, 0) is 6.92 Å². The molecular weight excluding hydrogens is 406 g/mol. The van der Waals surface area contributed by atoms with Crippen molar-refractivity contribution in [1.82, 2.24) is 10.6 Å². The van der Waals surface area contributed by atoms with Gasteiger partial charge in [-0.3, -0.25) is 16.8 Å². The molecule has 0 aliphatic heterocycles. The first-order chi connectivity index (χ1) is 11.0. The van der Waals surface area contributed by atoms with Crippen molar-refractivity contribution in [3.8, 4) is 0 Å². The van der Waals surface area contributed by atoms with Gasteiger partial charge in [-0.25, -0.2) is 4.79 Å². The van der Waals surface area contributed by atoms with E-state index in [-0.39, 0.29) is 6.54 Å². The summed E-state index contributed by atoms with van der Waals surface area (Å²) in [6.45, 7) is 3.93. The maximum Gasteiger partial charge on any atom is 0.469 e. The Labute approximate surface area is 139 Å². The molecule has 0 heterocycles. The Balaban J connectivity index is 5.74. The van der Waals surface area contributed by atoms with E-state index < -0.39 is 53.8 Å². The first kappa shape index (κ1) is 23.5. The molecule has 0 aromatic carbocycles. The summed E-state index contributed by atoms with van der Waals surface area (Å²) in [6.07, 6.45) is -0.546. The molecule has 0 bridgehead atoms. The molecule has 0 aliphatic carbocycles. The van der Waals surface area contributed by atoms with Crippen molar-refractivity contribution >= 4 is 25.7 Å². The third-order valence-corrected chi connectivity index (χ3v) is 6.53. The van der Waals surface area contributed by atoms with Crippen molar-refractivity contribution < 1.29 is 48.0 Å². The zero-order chi connectivity index (χ0) is 20.3. The number of carbonyl (C=O) groups excluding carboxylic acids is 1. The molecule has 0 fully saturated rings. The summed E-state index contributed by atoms with van der Waals surface area (Å²) in [5, 5.41) is 3.86. The van der Waals surface area contributed by atoms with Gasteiger partial charge in [0.25, 0.3) is 0 Å². The van der Waals surface area contributed by atoms with E-state index in [1.54, 1.807) is 0 Å². The molecule has 1 unspecified atom stereocenters. The van der Waals surface area contributed by atoms with Crippen molar-refractivity contribution in [3.05, 3.63) is 17.2 Å². The summed E-state index contributed by atoms with van der Waals surface area (Å²) >= 11 is 0. The number of alkyl halides is 6. The second-order valence-electron chi connectivity index (χ2n) is 4.52. The highest BCUT2D eigenvalue weighted by molar-refractivity contribution is 8.13. The summed E-state index contributed by atoms with van der Waals surface area (Å²) in [5.41, 5.74) is -12.5. The lowest BCUT2D eigenvalue weighted by Gasteiger charge is -2.33. The van der Waals surface area contributed by atoms with E-state index in [1.807, 2.05) is 5.32 Å².